The van der Waals surface area contributed by atoms with E-state index in [1.165, 1.54) is 0 Å². The Balaban J connectivity index is 1.80. The van der Waals surface area contributed by atoms with E-state index in [0.29, 0.717) is 24.5 Å². The average Bonchev–Trinajstić information content (AvgIpc) is 3.15. The molecule has 1 saturated heterocycles. The number of rotatable bonds is 4. The Morgan fingerprint density at radius 3 is 3.04 bits per heavy atom. The Bertz CT molecular complexity index is 721. The summed E-state index contributed by atoms with van der Waals surface area (Å²) in [5.74, 6) is -1.21. The first kappa shape index (κ1) is 15.3. The highest BCUT2D eigenvalue weighted by atomic mass is 16.5. The van der Waals surface area contributed by atoms with Crippen molar-refractivity contribution in [2.24, 2.45) is 7.05 Å². The number of aliphatic carboxylic acids is 1. The number of hydrogen-bond acceptors (Lipinski definition) is 4. The Kier molecular flexibility index (Phi) is 4.16. The van der Waals surface area contributed by atoms with Crippen LogP contribution in [-0.2, 0) is 16.6 Å². The normalized spacial score (nSPS) is 18.1. The summed E-state index contributed by atoms with van der Waals surface area (Å²) in [5.41, 5.74) is 1.91. The van der Waals surface area contributed by atoms with E-state index in [2.05, 4.69) is 10.2 Å². The van der Waals surface area contributed by atoms with E-state index in [1.54, 1.807) is 11.0 Å². The molecule has 2 N–H and O–H groups in total. The van der Waals surface area contributed by atoms with Crippen LogP contribution in [0.2, 0.25) is 0 Å². The largest absolute Gasteiger partial charge is 0.481 e. The van der Waals surface area contributed by atoms with E-state index in [1.807, 2.05) is 29.9 Å². The van der Waals surface area contributed by atoms with Crippen molar-refractivity contribution in [3.63, 3.8) is 0 Å². The zero-order chi connectivity index (χ0) is 16.4. The molecule has 1 aliphatic rings. The quantitative estimate of drug-likeness (QED) is 0.865. The molecule has 0 aliphatic carbocycles. The molecule has 1 amide bonds. The number of carboxylic acids is 1. The van der Waals surface area contributed by atoms with Gasteiger partial charge in [-0.15, -0.1) is 0 Å². The lowest BCUT2D eigenvalue weighted by Gasteiger charge is -2.34. The van der Waals surface area contributed by atoms with Gasteiger partial charge in [0.2, 0.25) is 0 Å². The minimum absolute atomic E-state index is 0.134. The zero-order valence-electron chi connectivity index (χ0n) is 12.7. The summed E-state index contributed by atoms with van der Waals surface area (Å²) in [4.78, 5) is 25.2. The van der Waals surface area contributed by atoms with Gasteiger partial charge in [-0.25, -0.2) is 0 Å². The van der Waals surface area contributed by atoms with Gasteiger partial charge in [0.25, 0.3) is 5.91 Å². The molecule has 1 fully saturated rings. The van der Waals surface area contributed by atoms with Gasteiger partial charge in [0.05, 0.1) is 31.4 Å². The fraction of sp³-hybridized carbons (Fsp3) is 0.400. The molecule has 1 aliphatic heterocycles. The fourth-order valence-corrected chi connectivity index (χ4v) is 2.74. The summed E-state index contributed by atoms with van der Waals surface area (Å²) < 4.78 is 7.20. The lowest BCUT2D eigenvalue weighted by molar-refractivity contribution is -0.139. The molecule has 0 saturated carbocycles. The second kappa shape index (κ2) is 6.25. The number of amides is 1. The van der Waals surface area contributed by atoms with Gasteiger partial charge >= 0.3 is 5.97 Å². The molecule has 0 spiro atoms. The van der Waals surface area contributed by atoms with Crippen LogP contribution in [0.1, 0.15) is 16.9 Å². The van der Waals surface area contributed by atoms with E-state index < -0.39 is 12.0 Å². The van der Waals surface area contributed by atoms with Gasteiger partial charge in [-0.2, -0.15) is 5.10 Å². The van der Waals surface area contributed by atoms with Crippen molar-refractivity contribution in [2.45, 2.75) is 12.5 Å². The topological polar surface area (TPSA) is 100 Å². The third kappa shape index (κ3) is 3.11. The SMILES string of the molecule is Cn1cccc1-c1cc(C(=O)N2CCOC[C@@H]2CC(=O)O)[nH]n1. The minimum atomic E-state index is -0.951. The Hall–Kier alpha value is -2.61. The van der Waals surface area contributed by atoms with Crippen molar-refractivity contribution >= 4 is 11.9 Å². The molecular formula is C15H18N4O4. The molecule has 0 radical (unpaired) electrons. The average molecular weight is 318 g/mol. The molecule has 2 aromatic heterocycles. The number of aromatic amines is 1. The van der Waals surface area contributed by atoms with Crippen LogP contribution >= 0.6 is 0 Å². The number of carboxylic acid groups (broad SMARTS) is 1. The highest BCUT2D eigenvalue weighted by Gasteiger charge is 2.30. The van der Waals surface area contributed by atoms with Crippen molar-refractivity contribution in [2.75, 3.05) is 19.8 Å². The van der Waals surface area contributed by atoms with Crippen LogP contribution in [0.3, 0.4) is 0 Å². The maximum Gasteiger partial charge on any atom is 0.305 e. The van der Waals surface area contributed by atoms with E-state index in [-0.39, 0.29) is 18.9 Å². The number of aromatic nitrogens is 3. The lowest BCUT2D eigenvalue weighted by Crippen LogP contribution is -2.49. The van der Waals surface area contributed by atoms with E-state index in [4.69, 9.17) is 9.84 Å². The summed E-state index contributed by atoms with van der Waals surface area (Å²) in [6.45, 7) is 1.01. The lowest BCUT2D eigenvalue weighted by atomic mass is 10.1. The third-order valence-corrected chi connectivity index (χ3v) is 3.91. The molecule has 122 valence electrons. The molecule has 3 rings (SSSR count). The molecule has 0 bridgehead atoms. The predicted molar refractivity (Wildman–Crippen MR) is 80.9 cm³/mol. The van der Waals surface area contributed by atoms with Gasteiger partial charge in [0.15, 0.2) is 0 Å². The summed E-state index contributed by atoms with van der Waals surface area (Å²) in [5, 5.41) is 15.9. The van der Waals surface area contributed by atoms with Crippen LogP contribution in [0, 0.1) is 0 Å². The number of H-pyrrole nitrogens is 1. The number of carbonyl (C=O) groups is 2. The van der Waals surface area contributed by atoms with E-state index in [9.17, 15) is 9.59 Å². The summed E-state index contributed by atoms with van der Waals surface area (Å²) in [6.07, 6.45) is 1.76. The van der Waals surface area contributed by atoms with Crippen LogP contribution < -0.4 is 0 Å². The maximum atomic E-state index is 12.7. The second-order valence-electron chi connectivity index (χ2n) is 5.50. The molecule has 1 atom stereocenters. The molecule has 0 aromatic carbocycles. The number of aryl methyl sites for hydroxylation is 1. The molecular weight excluding hydrogens is 300 g/mol. The number of ether oxygens (including phenoxy) is 1. The number of hydrogen-bond donors (Lipinski definition) is 2. The van der Waals surface area contributed by atoms with Gasteiger partial charge in [0.1, 0.15) is 11.4 Å². The first-order chi connectivity index (χ1) is 11.1. The van der Waals surface area contributed by atoms with Crippen molar-refractivity contribution < 1.29 is 19.4 Å². The smallest absolute Gasteiger partial charge is 0.305 e. The fourth-order valence-electron chi connectivity index (χ4n) is 2.74. The molecule has 23 heavy (non-hydrogen) atoms. The molecule has 3 heterocycles. The number of nitrogens with zero attached hydrogens (tertiary/aromatic N) is 3. The van der Waals surface area contributed by atoms with Crippen LogP contribution in [-0.4, -0.2) is 62.4 Å². The minimum Gasteiger partial charge on any atom is -0.481 e. The summed E-state index contributed by atoms with van der Waals surface area (Å²) >= 11 is 0. The van der Waals surface area contributed by atoms with Crippen LogP contribution in [0.5, 0.6) is 0 Å². The second-order valence-corrected chi connectivity index (χ2v) is 5.50. The number of carbonyl (C=O) groups excluding carboxylic acids is 1. The molecule has 2 aromatic rings. The standard InChI is InChI=1S/C15H18N4O4/c1-18-4-2-3-13(18)11-8-12(17-16-11)15(22)19-5-6-23-9-10(19)7-14(20)21/h2-4,8,10H,5-7,9H2,1H3,(H,16,17)(H,20,21)/t10-/m0/s1. The Morgan fingerprint density at radius 1 is 1.52 bits per heavy atom. The molecule has 8 nitrogen and oxygen atoms in total. The number of nitrogens with one attached hydrogen (secondary N) is 1. The van der Waals surface area contributed by atoms with Gasteiger partial charge in [-0.3, -0.25) is 14.7 Å². The Labute approximate surface area is 132 Å². The van der Waals surface area contributed by atoms with Crippen molar-refractivity contribution in [1.82, 2.24) is 19.7 Å². The molecule has 8 heteroatoms. The first-order valence-electron chi connectivity index (χ1n) is 7.34. The van der Waals surface area contributed by atoms with Crippen LogP contribution in [0.4, 0.5) is 0 Å². The van der Waals surface area contributed by atoms with Gasteiger partial charge in [0, 0.05) is 19.8 Å². The zero-order valence-corrected chi connectivity index (χ0v) is 12.7. The Morgan fingerprint density at radius 2 is 2.35 bits per heavy atom. The number of morpholine rings is 1. The van der Waals surface area contributed by atoms with E-state index in [0.717, 1.165) is 5.69 Å². The molecule has 0 unspecified atom stereocenters. The van der Waals surface area contributed by atoms with Crippen molar-refractivity contribution in [3.05, 3.63) is 30.1 Å². The van der Waals surface area contributed by atoms with E-state index >= 15 is 0 Å². The monoisotopic (exact) mass is 318 g/mol. The van der Waals surface area contributed by atoms with Gasteiger partial charge < -0.3 is 19.3 Å². The van der Waals surface area contributed by atoms with Crippen molar-refractivity contribution in [1.29, 1.82) is 0 Å². The van der Waals surface area contributed by atoms with Gasteiger partial charge in [-0.1, -0.05) is 0 Å². The third-order valence-electron chi connectivity index (χ3n) is 3.91. The highest BCUT2D eigenvalue weighted by molar-refractivity contribution is 5.93. The van der Waals surface area contributed by atoms with Crippen LogP contribution in [0.15, 0.2) is 24.4 Å². The predicted octanol–water partition coefficient (Wildman–Crippen LogP) is 0.731. The van der Waals surface area contributed by atoms with Gasteiger partial charge in [-0.05, 0) is 18.2 Å². The highest BCUT2D eigenvalue weighted by Crippen LogP contribution is 2.20. The van der Waals surface area contributed by atoms with Crippen LogP contribution in [0.25, 0.3) is 11.4 Å². The van der Waals surface area contributed by atoms with Crippen molar-refractivity contribution in [3.8, 4) is 11.4 Å². The summed E-state index contributed by atoms with van der Waals surface area (Å²) in [6, 6.07) is 5.03. The summed E-state index contributed by atoms with van der Waals surface area (Å²) in [7, 11) is 1.90. The maximum absolute atomic E-state index is 12.7. The first-order valence-corrected chi connectivity index (χ1v) is 7.34.